The van der Waals surface area contributed by atoms with E-state index in [2.05, 4.69) is 10.4 Å². The Labute approximate surface area is 111 Å². The van der Waals surface area contributed by atoms with Crippen molar-refractivity contribution in [2.45, 2.75) is 0 Å². The summed E-state index contributed by atoms with van der Waals surface area (Å²) in [4.78, 5) is 0.335. The molecule has 1 aromatic carbocycles. The lowest BCUT2D eigenvalue weighted by Gasteiger charge is -2.12. The van der Waals surface area contributed by atoms with Gasteiger partial charge in [0.15, 0.2) is 0 Å². The van der Waals surface area contributed by atoms with E-state index in [4.69, 9.17) is 22.7 Å². The first-order valence-corrected chi connectivity index (χ1v) is 5.75. The van der Waals surface area contributed by atoms with Crippen LogP contribution in [0.4, 0.5) is 11.5 Å². The molecule has 0 amide bonds. The third kappa shape index (κ3) is 2.43. The van der Waals surface area contributed by atoms with Crippen molar-refractivity contribution in [3.8, 4) is 5.75 Å². The normalized spacial score (nSPS) is 10.1. The van der Waals surface area contributed by atoms with Crippen LogP contribution in [0.25, 0.3) is 0 Å². The van der Waals surface area contributed by atoms with E-state index in [1.165, 1.54) is 0 Å². The molecular formula is C12H14N4OS. The minimum atomic E-state index is 0.335. The Bertz CT molecular complexity index is 579. The number of nitrogens with two attached hydrogens (primary N) is 1. The van der Waals surface area contributed by atoms with E-state index in [1.54, 1.807) is 18.0 Å². The number of anilines is 2. The van der Waals surface area contributed by atoms with Crippen molar-refractivity contribution in [1.29, 1.82) is 0 Å². The summed E-state index contributed by atoms with van der Waals surface area (Å²) in [5, 5.41) is 7.32. The van der Waals surface area contributed by atoms with E-state index >= 15 is 0 Å². The average Bonchev–Trinajstić information content (AvgIpc) is 2.74. The van der Waals surface area contributed by atoms with Gasteiger partial charge in [0.05, 0.1) is 19.0 Å². The Morgan fingerprint density at radius 2 is 2.22 bits per heavy atom. The summed E-state index contributed by atoms with van der Waals surface area (Å²) in [6.07, 6.45) is 1.71. The molecule has 0 aliphatic heterocycles. The second-order valence-electron chi connectivity index (χ2n) is 3.74. The number of methoxy groups -OCH3 is 1. The number of rotatable bonds is 4. The van der Waals surface area contributed by atoms with E-state index in [1.807, 2.05) is 31.3 Å². The standard InChI is InChI=1S/C12H14N4OS/c1-16-11(5-6-14-16)15-10-7-8(17-2)3-4-9(10)12(13)18/h3-7,15H,1-2H3,(H2,13,18). The Hall–Kier alpha value is -2.08. The van der Waals surface area contributed by atoms with Crippen LogP contribution in [0.5, 0.6) is 5.75 Å². The zero-order valence-corrected chi connectivity index (χ0v) is 11.0. The molecule has 6 heteroatoms. The maximum atomic E-state index is 5.70. The Morgan fingerprint density at radius 1 is 1.44 bits per heavy atom. The quantitative estimate of drug-likeness (QED) is 0.823. The third-order valence-corrected chi connectivity index (χ3v) is 2.80. The number of aryl methyl sites for hydroxylation is 1. The molecule has 0 saturated carbocycles. The number of thiocarbonyl (C=S) groups is 1. The summed E-state index contributed by atoms with van der Waals surface area (Å²) in [5.74, 6) is 1.58. The first-order valence-electron chi connectivity index (χ1n) is 5.34. The highest BCUT2D eigenvalue weighted by Crippen LogP contribution is 2.25. The first-order chi connectivity index (χ1) is 8.61. The summed E-state index contributed by atoms with van der Waals surface area (Å²) >= 11 is 5.03. The summed E-state index contributed by atoms with van der Waals surface area (Å²) in [6, 6.07) is 7.37. The van der Waals surface area contributed by atoms with Gasteiger partial charge >= 0.3 is 0 Å². The molecule has 0 unspecified atom stereocenters. The second-order valence-corrected chi connectivity index (χ2v) is 4.18. The fraction of sp³-hybridized carbons (Fsp3) is 0.167. The first kappa shape index (κ1) is 12.4. The molecule has 0 atom stereocenters. The summed E-state index contributed by atoms with van der Waals surface area (Å²) < 4.78 is 6.92. The highest BCUT2D eigenvalue weighted by Gasteiger charge is 2.08. The zero-order chi connectivity index (χ0) is 13.1. The van der Waals surface area contributed by atoms with Gasteiger partial charge in [0.1, 0.15) is 16.6 Å². The van der Waals surface area contributed by atoms with Crippen LogP contribution in [0, 0.1) is 0 Å². The van der Waals surface area contributed by atoms with Gasteiger partial charge in [-0.25, -0.2) is 0 Å². The van der Waals surface area contributed by atoms with Gasteiger partial charge in [-0.2, -0.15) is 5.10 Å². The maximum absolute atomic E-state index is 5.70. The molecule has 94 valence electrons. The van der Waals surface area contributed by atoms with Crippen LogP contribution in [0.1, 0.15) is 5.56 Å². The molecule has 0 aliphatic rings. The molecule has 1 aromatic heterocycles. The van der Waals surface area contributed by atoms with Crippen LogP contribution < -0.4 is 15.8 Å². The molecule has 0 fully saturated rings. The Kier molecular flexibility index (Phi) is 3.47. The molecule has 0 saturated heterocycles. The van der Waals surface area contributed by atoms with Crippen molar-refractivity contribution in [3.63, 3.8) is 0 Å². The predicted molar refractivity (Wildman–Crippen MR) is 75.4 cm³/mol. The minimum absolute atomic E-state index is 0.335. The van der Waals surface area contributed by atoms with Crippen molar-refractivity contribution < 1.29 is 4.74 Å². The van der Waals surface area contributed by atoms with Gasteiger partial charge in [-0.1, -0.05) is 12.2 Å². The average molecular weight is 262 g/mol. The van der Waals surface area contributed by atoms with Crippen molar-refractivity contribution in [3.05, 3.63) is 36.0 Å². The largest absolute Gasteiger partial charge is 0.497 e. The SMILES string of the molecule is COc1ccc(C(N)=S)c(Nc2ccnn2C)c1. The molecule has 0 radical (unpaired) electrons. The number of nitrogens with one attached hydrogen (secondary N) is 1. The van der Waals surface area contributed by atoms with E-state index < -0.39 is 0 Å². The van der Waals surface area contributed by atoms with Crippen LogP contribution in [0.3, 0.4) is 0 Å². The molecule has 1 heterocycles. The topological polar surface area (TPSA) is 65.1 Å². The number of nitrogens with zero attached hydrogens (tertiary/aromatic N) is 2. The van der Waals surface area contributed by atoms with Gasteiger partial charge in [0.2, 0.25) is 0 Å². The second kappa shape index (κ2) is 5.05. The van der Waals surface area contributed by atoms with Crippen LogP contribution in [-0.4, -0.2) is 21.9 Å². The molecule has 0 spiro atoms. The van der Waals surface area contributed by atoms with Crippen molar-refractivity contribution in [2.75, 3.05) is 12.4 Å². The molecule has 2 rings (SSSR count). The molecule has 18 heavy (non-hydrogen) atoms. The summed E-state index contributed by atoms with van der Waals surface area (Å²) in [7, 11) is 3.46. The molecule has 5 nitrogen and oxygen atoms in total. The smallest absolute Gasteiger partial charge is 0.128 e. The molecule has 0 aliphatic carbocycles. The third-order valence-electron chi connectivity index (χ3n) is 2.58. The van der Waals surface area contributed by atoms with Gasteiger partial charge in [-0.3, -0.25) is 4.68 Å². The molecule has 2 aromatic rings. The van der Waals surface area contributed by atoms with E-state index in [0.29, 0.717) is 4.99 Å². The summed E-state index contributed by atoms with van der Waals surface area (Å²) in [6.45, 7) is 0. The monoisotopic (exact) mass is 262 g/mol. The van der Waals surface area contributed by atoms with E-state index in [0.717, 1.165) is 22.8 Å². The fourth-order valence-corrected chi connectivity index (χ4v) is 1.78. The number of ether oxygens (including phenoxy) is 1. The van der Waals surface area contributed by atoms with Crippen molar-refractivity contribution in [2.24, 2.45) is 12.8 Å². The fourth-order valence-electron chi connectivity index (χ4n) is 1.60. The lowest BCUT2D eigenvalue weighted by molar-refractivity contribution is 0.415. The van der Waals surface area contributed by atoms with E-state index in [9.17, 15) is 0 Å². The highest BCUT2D eigenvalue weighted by atomic mass is 32.1. The van der Waals surface area contributed by atoms with Gasteiger partial charge in [0, 0.05) is 24.7 Å². The van der Waals surface area contributed by atoms with Crippen molar-refractivity contribution in [1.82, 2.24) is 9.78 Å². The maximum Gasteiger partial charge on any atom is 0.128 e. The number of hydrogen-bond acceptors (Lipinski definition) is 4. The Balaban J connectivity index is 2.41. The molecule has 0 bridgehead atoms. The predicted octanol–water partition coefficient (Wildman–Crippen LogP) is 1.81. The number of aromatic nitrogens is 2. The van der Waals surface area contributed by atoms with E-state index in [-0.39, 0.29) is 0 Å². The highest BCUT2D eigenvalue weighted by molar-refractivity contribution is 7.80. The van der Waals surface area contributed by atoms with Gasteiger partial charge in [-0.05, 0) is 12.1 Å². The summed E-state index contributed by atoms with van der Waals surface area (Å²) in [5.41, 5.74) is 7.27. The van der Waals surface area contributed by atoms with Gasteiger partial charge in [-0.15, -0.1) is 0 Å². The van der Waals surface area contributed by atoms with Crippen LogP contribution in [0.2, 0.25) is 0 Å². The minimum Gasteiger partial charge on any atom is -0.497 e. The van der Waals surface area contributed by atoms with Gasteiger partial charge < -0.3 is 15.8 Å². The number of hydrogen-bond donors (Lipinski definition) is 2. The zero-order valence-electron chi connectivity index (χ0n) is 10.2. The lowest BCUT2D eigenvalue weighted by atomic mass is 10.1. The lowest BCUT2D eigenvalue weighted by Crippen LogP contribution is -2.12. The molecular weight excluding hydrogens is 248 g/mol. The molecule has 3 N–H and O–H groups in total. The van der Waals surface area contributed by atoms with Gasteiger partial charge in [0.25, 0.3) is 0 Å². The van der Waals surface area contributed by atoms with Crippen LogP contribution in [-0.2, 0) is 7.05 Å². The Morgan fingerprint density at radius 3 is 2.78 bits per heavy atom. The number of benzene rings is 1. The van der Waals surface area contributed by atoms with Crippen LogP contribution in [0.15, 0.2) is 30.5 Å². The van der Waals surface area contributed by atoms with Crippen molar-refractivity contribution >= 4 is 28.7 Å². The van der Waals surface area contributed by atoms with Crippen LogP contribution >= 0.6 is 12.2 Å².